The van der Waals surface area contributed by atoms with Crippen LogP contribution in [0.5, 0.6) is 5.75 Å². The second kappa shape index (κ2) is 9.88. The zero-order valence-electron chi connectivity index (χ0n) is 20.4. The minimum absolute atomic E-state index is 0.260. The number of fused-ring (bicyclic) bond motifs is 1. The summed E-state index contributed by atoms with van der Waals surface area (Å²) in [5.41, 5.74) is 4.57. The summed E-state index contributed by atoms with van der Waals surface area (Å²) in [6, 6.07) is 30.2. The molecular weight excluding hydrogens is 498 g/mol. The Balaban J connectivity index is 1.68. The predicted molar refractivity (Wildman–Crippen MR) is 151 cm³/mol. The van der Waals surface area contributed by atoms with Gasteiger partial charge in [0, 0.05) is 16.8 Å². The smallest absolute Gasteiger partial charge is 0.282 e. The van der Waals surface area contributed by atoms with Gasteiger partial charge in [0.1, 0.15) is 17.4 Å². The Kier molecular flexibility index (Phi) is 6.11. The maximum atomic E-state index is 14.2. The van der Waals surface area contributed by atoms with Gasteiger partial charge in [-0.3, -0.25) is 9.89 Å². The molecule has 186 valence electrons. The van der Waals surface area contributed by atoms with Gasteiger partial charge in [0.25, 0.3) is 5.56 Å². The summed E-state index contributed by atoms with van der Waals surface area (Å²) in [4.78, 5) is 23.6. The van der Waals surface area contributed by atoms with Crippen molar-refractivity contribution in [3.05, 3.63) is 119 Å². The molecule has 0 unspecified atom stereocenters. The molecule has 8 heteroatoms. The summed E-state index contributed by atoms with van der Waals surface area (Å²) in [5, 5.41) is 7.17. The van der Waals surface area contributed by atoms with Gasteiger partial charge < -0.3 is 10.1 Å². The van der Waals surface area contributed by atoms with E-state index >= 15 is 0 Å². The van der Waals surface area contributed by atoms with Crippen molar-refractivity contribution in [3.8, 4) is 39.3 Å². The van der Waals surface area contributed by atoms with Crippen LogP contribution >= 0.6 is 11.6 Å². The van der Waals surface area contributed by atoms with Crippen molar-refractivity contribution in [2.75, 3.05) is 12.4 Å². The summed E-state index contributed by atoms with van der Waals surface area (Å²) in [6.07, 6.45) is 1.68. The lowest BCUT2D eigenvalue weighted by Gasteiger charge is -2.12. The van der Waals surface area contributed by atoms with E-state index in [0.717, 1.165) is 22.4 Å². The molecule has 3 aromatic heterocycles. The molecule has 0 aliphatic carbocycles. The highest BCUT2D eigenvalue weighted by atomic mass is 35.5. The van der Waals surface area contributed by atoms with Crippen LogP contribution in [-0.4, -0.2) is 26.7 Å². The van der Waals surface area contributed by atoms with Crippen molar-refractivity contribution in [2.45, 2.75) is 0 Å². The third-order valence-electron chi connectivity index (χ3n) is 6.25. The summed E-state index contributed by atoms with van der Waals surface area (Å²) in [6.45, 7) is 0. The highest BCUT2D eigenvalue weighted by Gasteiger charge is 2.23. The number of halogens is 1. The van der Waals surface area contributed by atoms with E-state index in [1.807, 2.05) is 97.1 Å². The van der Waals surface area contributed by atoms with E-state index in [0.29, 0.717) is 39.2 Å². The molecule has 7 nitrogen and oxygen atoms in total. The van der Waals surface area contributed by atoms with Crippen molar-refractivity contribution < 1.29 is 4.74 Å². The number of rotatable bonds is 6. The number of aromatic amines is 1. The number of hydrogen-bond donors (Lipinski definition) is 2. The van der Waals surface area contributed by atoms with E-state index in [9.17, 15) is 4.79 Å². The number of nitrogens with one attached hydrogen (secondary N) is 2. The van der Waals surface area contributed by atoms with Crippen LogP contribution < -0.4 is 15.6 Å². The first-order valence-corrected chi connectivity index (χ1v) is 12.3. The molecule has 0 amide bonds. The second-order valence-corrected chi connectivity index (χ2v) is 9.04. The molecule has 2 N–H and O–H groups in total. The lowest BCUT2D eigenvalue weighted by Crippen LogP contribution is -2.19. The first-order chi connectivity index (χ1) is 18.6. The van der Waals surface area contributed by atoms with Gasteiger partial charge in [-0.2, -0.15) is 4.52 Å². The molecule has 38 heavy (non-hydrogen) atoms. The third kappa shape index (κ3) is 4.29. The summed E-state index contributed by atoms with van der Waals surface area (Å²) in [5.74, 6) is 1.65. The van der Waals surface area contributed by atoms with E-state index in [2.05, 4.69) is 15.4 Å². The summed E-state index contributed by atoms with van der Waals surface area (Å²) < 4.78 is 6.80. The van der Waals surface area contributed by atoms with E-state index in [-0.39, 0.29) is 5.56 Å². The van der Waals surface area contributed by atoms with Crippen LogP contribution in [0.15, 0.2) is 108 Å². The number of anilines is 2. The van der Waals surface area contributed by atoms with Crippen LogP contribution in [0, 0.1) is 0 Å². The molecule has 0 bridgehead atoms. The lowest BCUT2D eigenvalue weighted by molar-refractivity contribution is 0.415. The quantitative estimate of drug-likeness (QED) is 0.252. The van der Waals surface area contributed by atoms with Crippen LogP contribution in [0.4, 0.5) is 11.6 Å². The normalized spacial score (nSPS) is 11.0. The number of ether oxygens (including phenoxy) is 1. The number of nitrogens with zero attached hydrogens (tertiary/aromatic N) is 3. The van der Waals surface area contributed by atoms with Crippen molar-refractivity contribution in [1.82, 2.24) is 19.6 Å². The molecule has 6 rings (SSSR count). The summed E-state index contributed by atoms with van der Waals surface area (Å²) >= 11 is 6.38. The van der Waals surface area contributed by atoms with Crippen LogP contribution in [-0.2, 0) is 0 Å². The van der Waals surface area contributed by atoms with Gasteiger partial charge in [0.2, 0.25) is 0 Å². The third-order valence-corrected chi connectivity index (χ3v) is 6.48. The molecule has 0 fully saturated rings. The van der Waals surface area contributed by atoms with Gasteiger partial charge in [-0.1, -0.05) is 72.3 Å². The van der Waals surface area contributed by atoms with Crippen molar-refractivity contribution >= 4 is 28.9 Å². The maximum absolute atomic E-state index is 14.2. The van der Waals surface area contributed by atoms with Crippen LogP contribution in [0.3, 0.4) is 0 Å². The average molecular weight is 520 g/mol. The molecule has 0 saturated heterocycles. The number of methoxy groups -OCH3 is 1. The van der Waals surface area contributed by atoms with Crippen LogP contribution in [0.1, 0.15) is 0 Å². The Hall–Kier alpha value is -4.88. The predicted octanol–water partition coefficient (Wildman–Crippen LogP) is 6.82. The van der Waals surface area contributed by atoms with E-state index in [1.165, 1.54) is 4.52 Å². The van der Waals surface area contributed by atoms with Gasteiger partial charge in [0.15, 0.2) is 5.65 Å². The molecule has 0 aliphatic rings. The average Bonchev–Trinajstić information content (AvgIpc) is 3.34. The monoisotopic (exact) mass is 519 g/mol. The molecular formula is C30H22ClN5O2. The van der Waals surface area contributed by atoms with Crippen molar-refractivity contribution in [2.24, 2.45) is 0 Å². The van der Waals surface area contributed by atoms with Crippen molar-refractivity contribution in [1.29, 1.82) is 0 Å². The largest absolute Gasteiger partial charge is 0.497 e. The molecule has 0 atom stereocenters. The number of hydrogen-bond acceptors (Lipinski definition) is 5. The Morgan fingerprint density at radius 2 is 1.61 bits per heavy atom. The number of benzene rings is 3. The Labute approximate surface area is 223 Å². The van der Waals surface area contributed by atoms with E-state index in [4.69, 9.17) is 21.3 Å². The van der Waals surface area contributed by atoms with Gasteiger partial charge in [0.05, 0.1) is 23.9 Å². The SMILES string of the molecule is COc1ccc(-c2c(Nc3ccccn3)nc3c(-c4cccc(Cl)c4)c(-c4ccccc4)[nH]n3c2=O)cc1. The van der Waals surface area contributed by atoms with Crippen LogP contribution in [0.2, 0.25) is 5.02 Å². The topological polar surface area (TPSA) is 84.3 Å². The molecule has 0 aliphatic heterocycles. The zero-order chi connectivity index (χ0) is 26.1. The number of aromatic nitrogens is 4. The molecule has 3 heterocycles. The fraction of sp³-hybridized carbons (Fsp3) is 0.0333. The second-order valence-electron chi connectivity index (χ2n) is 8.61. The van der Waals surface area contributed by atoms with Crippen molar-refractivity contribution in [3.63, 3.8) is 0 Å². The Bertz CT molecular complexity index is 1800. The van der Waals surface area contributed by atoms with Crippen LogP contribution in [0.25, 0.3) is 39.2 Å². The molecule has 6 aromatic rings. The Morgan fingerprint density at radius 1 is 0.842 bits per heavy atom. The highest BCUT2D eigenvalue weighted by Crippen LogP contribution is 2.37. The zero-order valence-corrected chi connectivity index (χ0v) is 21.1. The maximum Gasteiger partial charge on any atom is 0.282 e. The molecule has 0 spiro atoms. The van der Waals surface area contributed by atoms with Gasteiger partial charge in [-0.05, 0) is 47.5 Å². The fourth-order valence-corrected chi connectivity index (χ4v) is 4.66. The molecule has 0 saturated carbocycles. The van der Waals surface area contributed by atoms with E-state index < -0.39 is 0 Å². The fourth-order valence-electron chi connectivity index (χ4n) is 4.47. The molecule has 0 radical (unpaired) electrons. The first-order valence-electron chi connectivity index (χ1n) is 11.9. The molecule has 3 aromatic carbocycles. The van der Waals surface area contributed by atoms with Gasteiger partial charge in [-0.25, -0.2) is 9.97 Å². The highest BCUT2D eigenvalue weighted by molar-refractivity contribution is 6.30. The van der Waals surface area contributed by atoms with E-state index in [1.54, 1.807) is 13.3 Å². The number of H-pyrrole nitrogens is 1. The lowest BCUT2D eigenvalue weighted by atomic mass is 10.0. The van der Waals surface area contributed by atoms with Gasteiger partial charge >= 0.3 is 0 Å². The number of pyridine rings is 1. The standard InChI is InChI=1S/C30H22ClN5O2/c1-38-23-15-13-19(14-16-23)26-28(33-24-12-5-6-17-32-24)34-29-25(21-10-7-11-22(31)18-21)27(35-36(29)30(26)37)20-8-3-2-4-9-20/h2-18,35H,1H3,(H,32,33). The summed E-state index contributed by atoms with van der Waals surface area (Å²) in [7, 11) is 1.60. The van der Waals surface area contributed by atoms with Gasteiger partial charge in [-0.15, -0.1) is 0 Å². The minimum Gasteiger partial charge on any atom is -0.497 e. The first kappa shape index (κ1) is 23.5. The Morgan fingerprint density at radius 3 is 2.32 bits per heavy atom. The minimum atomic E-state index is -0.260.